The van der Waals surface area contributed by atoms with E-state index in [-0.39, 0.29) is 42.7 Å². The van der Waals surface area contributed by atoms with Crippen molar-refractivity contribution in [3.63, 3.8) is 0 Å². The van der Waals surface area contributed by atoms with E-state index in [0.717, 1.165) is 31.9 Å². The van der Waals surface area contributed by atoms with Crippen molar-refractivity contribution >= 4 is 30.7 Å². The summed E-state index contributed by atoms with van der Waals surface area (Å²) in [6, 6.07) is 8.49. The maximum absolute atomic E-state index is 12.5. The SMILES string of the molecule is COc1ccc(C(CNC(=O)C(C)C2CNC2)N2CCCC2)cc1.Cl.Cl. The van der Waals surface area contributed by atoms with Crippen molar-refractivity contribution in [3.05, 3.63) is 29.8 Å². The van der Waals surface area contributed by atoms with Crippen LogP contribution >= 0.6 is 24.8 Å². The van der Waals surface area contributed by atoms with Crippen LogP contribution in [0.1, 0.15) is 31.4 Å². The van der Waals surface area contributed by atoms with Crippen LogP contribution in [0, 0.1) is 11.8 Å². The van der Waals surface area contributed by atoms with Gasteiger partial charge in [0.05, 0.1) is 13.2 Å². The van der Waals surface area contributed by atoms with Crippen molar-refractivity contribution < 1.29 is 9.53 Å². The van der Waals surface area contributed by atoms with Crippen molar-refractivity contribution in [2.75, 3.05) is 39.8 Å². The highest BCUT2D eigenvalue weighted by Crippen LogP contribution is 2.26. The van der Waals surface area contributed by atoms with Crippen molar-refractivity contribution in [1.29, 1.82) is 0 Å². The van der Waals surface area contributed by atoms with Crippen molar-refractivity contribution in [3.8, 4) is 5.75 Å². The number of likely N-dealkylation sites (tertiary alicyclic amines) is 1. The van der Waals surface area contributed by atoms with Crippen LogP contribution in [0.15, 0.2) is 24.3 Å². The normalized spacial score (nSPS) is 19.5. The Morgan fingerprint density at radius 1 is 1.23 bits per heavy atom. The third-order valence-electron chi connectivity index (χ3n) is 5.49. The molecule has 0 radical (unpaired) electrons. The summed E-state index contributed by atoms with van der Waals surface area (Å²) in [5.74, 6) is 1.62. The lowest BCUT2D eigenvalue weighted by Crippen LogP contribution is -2.50. The van der Waals surface area contributed by atoms with Gasteiger partial charge in [0.25, 0.3) is 0 Å². The molecule has 1 amide bonds. The summed E-state index contributed by atoms with van der Waals surface area (Å²) in [5, 5.41) is 6.44. The Balaban J connectivity index is 0.00000169. The van der Waals surface area contributed by atoms with Gasteiger partial charge in [0.2, 0.25) is 5.91 Å². The zero-order valence-electron chi connectivity index (χ0n) is 15.6. The molecular weight excluding hydrogens is 373 g/mol. The minimum absolute atomic E-state index is 0. The molecule has 2 unspecified atom stereocenters. The number of carbonyl (C=O) groups excluding carboxylic acids is 1. The molecule has 2 N–H and O–H groups in total. The van der Waals surface area contributed by atoms with Crippen molar-refractivity contribution in [2.45, 2.75) is 25.8 Å². The summed E-state index contributed by atoms with van der Waals surface area (Å²) in [4.78, 5) is 14.9. The first-order valence-electron chi connectivity index (χ1n) is 9.05. The smallest absolute Gasteiger partial charge is 0.223 e. The Bertz CT molecular complexity index is 546. The number of halogens is 2. The van der Waals surface area contributed by atoms with Crippen molar-refractivity contribution in [1.82, 2.24) is 15.5 Å². The largest absolute Gasteiger partial charge is 0.497 e. The number of nitrogens with zero attached hydrogens (tertiary/aromatic N) is 1. The van der Waals surface area contributed by atoms with Gasteiger partial charge < -0.3 is 15.4 Å². The predicted molar refractivity (Wildman–Crippen MR) is 110 cm³/mol. The van der Waals surface area contributed by atoms with Crippen LogP contribution in [0.5, 0.6) is 5.75 Å². The molecule has 2 aliphatic rings. The van der Waals surface area contributed by atoms with E-state index in [9.17, 15) is 4.79 Å². The van der Waals surface area contributed by atoms with Gasteiger partial charge in [0.1, 0.15) is 5.75 Å². The molecule has 2 atom stereocenters. The number of rotatable bonds is 7. The van der Waals surface area contributed by atoms with Crippen LogP contribution in [0.4, 0.5) is 0 Å². The Kier molecular flexibility index (Phi) is 9.72. The Labute approximate surface area is 169 Å². The van der Waals surface area contributed by atoms with E-state index in [1.807, 2.05) is 19.1 Å². The van der Waals surface area contributed by atoms with Gasteiger partial charge in [0, 0.05) is 12.5 Å². The Morgan fingerprint density at radius 2 is 1.85 bits per heavy atom. The van der Waals surface area contributed by atoms with Crippen LogP contribution in [-0.4, -0.2) is 50.6 Å². The first-order valence-corrected chi connectivity index (χ1v) is 9.05. The molecule has 2 fully saturated rings. The summed E-state index contributed by atoms with van der Waals surface area (Å²) in [6.45, 7) is 6.85. The average Bonchev–Trinajstić information content (AvgIpc) is 3.08. The monoisotopic (exact) mass is 403 g/mol. The zero-order valence-corrected chi connectivity index (χ0v) is 17.2. The van der Waals surface area contributed by atoms with Gasteiger partial charge in [0.15, 0.2) is 0 Å². The van der Waals surface area contributed by atoms with Crippen LogP contribution in [-0.2, 0) is 4.79 Å². The topological polar surface area (TPSA) is 53.6 Å². The molecule has 1 aromatic carbocycles. The second-order valence-corrected chi connectivity index (χ2v) is 6.98. The minimum Gasteiger partial charge on any atom is -0.497 e. The predicted octanol–water partition coefficient (Wildman–Crippen LogP) is 2.65. The van der Waals surface area contributed by atoms with Crippen LogP contribution in [0.2, 0.25) is 0 Å². The van der Waals surface area contributed by atoms with E-state index in [1.54, 1.807) is 7.11 Å². The molecule has 0 spiro atoms. The van der Waals surface area contributed by atoms with Gasteiger partial charge in [-0.2, -0.15) is 0 Å². The van der Waals surface area contributed by atoms with Gasteiger partial charge in [-0.25, -0.2) is 0 Å². The maximum atomic E-state index is 12.5. The number of methoxy groups -OCH3 is 1. The van der Waals surface area contributed by atoms with Gasteiger partial charge in [-0.15, -0.1) is 24.8 Å². The Hall–Kier alpha value is -1.01. The molecule has 0 aromatic heterocycles. The lowest BCUT2D eigenvalue weighted by Gasteiger charge is -2.33. The molecule has 2 saturated heterocycles. The fraction of sp³-hybridized carbons (Fsp3) is 0.632. The lowest BCUT2D eigenvalue weighted by atomic mass is 9.88. The lowest BCUT2D eigenvalue weighted by molar-refractivity contribution is -0.126. The zero-order chi connectivity index (χ0) is 16.9. The number of amides is 1. The number of benzene rings is 1. The molecule has 3 rings (SSSR count). The fourth-order valence-electron chi connectivity index (χ4n) is 3.57. The Morgan fingerprint density at radius 3 is 2.35 bits per heavy atom. The molecule has 2 aliphatic heterocycles. The summed E-state index contributed by atoms with van der Waals surface area (Å²) in [6.07, 6.45) is 2.48. The number of carbonyl (C=O) groups is 1. The second-order valence-electron chi connectivity index (χ2n) is 6.98. The number of ether oxygens (including phenoxy) is 1. The minimum atomic E-state index is 0. The van der Waals surface area contributed by atoms with E-state index in [0.29, 0.717) is 12.5 Å². The van der Waals surface area contributed by atoms with E-state index < -0.39 is 0 Å². The molecule has 1 aromatic rings. The van der Waals surface area contributed by atoms with E-state index >= 15 is 0 Å². The van der Waals surface area contributed by atoms with Gasteiger partial charge in [-0.05, 0) is 62.6 Å². The van der Waals surface area contributed by atoms with Crippen LogP contribution in [0.3, 0.4) is 0 Å². The molecule has 0 saturated carbocycles. The number of hydrogen-bond acceptors (Lipinski definition) is 4. The van der Waals surface area contributed by atoms with Gasteiger partial charge in [-0.1, -0.05) is 19.1 Å². The van der Waals surface area contributed by atoms with Crippen LogP contribution in [0.25, 0.3) is 0 Å². The van der Waals surface area contributed by atoms with Crippen molar-refractivity contribution in [2.24, 2.45) is 11.8 Å². The van der Waals surface area contributed by atoms with E-state index in [4.69, 9.17) is 4.74 Å². The van der Waals surface area contributed by atoms with Gasteiger partial charge >= 0.3 is 0 Å². The molecule has 148 valence electrons. The highest BCUT2D eigenvalue weighted by molar-refractivity contribution is 5.85. The third-order valence-corrected chi connectivity index (χ3v) is 5.49. The molecule has 26 heavy (non-hydrogen) atoms. The molecular formula is C19H31Cl2N3O2. The first kappa shape index (κ1) is 23.0. The van der Waals surface area contributed by atoms with Crippen LogP contribution < -0.4 is 15.4 Å². The first-order chi connectivity index (χ1) is 11.7. The molecule has 7 heteroatoms. The number of hydrogen-bond donors (Lipinski definition) is 2. The highest BCUT2D eigenvalue weighted by Gasteiger charge is 2.30. The van der Waals surface area contributed by atoms with E-state index in [2.05, 4.69) is 27.7 Å². The maximum Gasteiger partial charge on any atom is 0.223 e. The standard InChI is InChI=1S/C19H29N3O2.2ClH/c1-14(16-11-20-12-16)19(23)21-13-18(22-9-3-4-10-22)15-5-7-17(24-2)8-6-15;;/h5-8,14,16,18,20H,3-4,9-13H2,1-2H3,(H,21,23);2*1H. The van der Waals surface area contributed by atoms with Gasteiger partial charge in [-0.3, -0.25) is 9.69 Å². The second kappa shape index (κ2) is 11.0. The molecule has 5 nitrogen and oxygen atoms in total. The molecule has 0 aliphatic carbocycles. The summed E-state index contributed by atoms with van der Waals surface area (Å²) < 4.78 is 5.26. The number of nitrogens with one attached hydrogen (secondary N) is 2. The summed E-state index contributed by atoms with van der Waals surface area (Å²) >= 11 is 0. The molecule has 2 heterocycles. The molecule has 0 bridgehead atoms. The average molecular weight is 404 g/mol. The third kappa shape index (κ3) is 5.49. The summed E-state index contributed by atoms with van der Waals surface area (Å²) in [7, 11) is 1.68. The quantitative estimate of drug-likeness (QED) is 0.734. The summed E-state index contributed by atoms with van der Waals surface area (Å²) in [5.41, 5.74) is 1.25. The van der Waals surface area contributed by atoms with E-state index in [1.165, 1.54) is 18.4 Å². The highest BCUT2D eigenvalue weighted by atomic mass is 35.5. The fourth-order valence-corrected chi connectivity index (χ4v) is 3.57.